The fourth-order valence-corrected chi connectivity index (χ4v) is 3.49. The molecule has 0 aliphatic carbocycles. The van der Waals surface area contributed by atoms with Crippen molar-refractivity contribution in [2.24, 2.45) is 0 Å². The molecule has 28 heavy (non-hydrogen) atoms. The number of hydrogen-bond donors (Lipinski definition) is 2. The molecule has 4 N–H and O–H groups in total. The fourth-order valence-electron chi connectivity index (χ4n) is 3.49. The minimum atomic E-state index is -0.223. The van der Waals surface area contributed by atoms with Crippen molar-refractivity contribution < 1.29 is 9.47 Å². The van der Waals surface area contributed by atoms with Crippen LogP contribution < -0.4 is 11.5 Å². The number of rotatable bonds is 4. The number of hydrogen-bond acceptors (Lipinski definition) is 7. The molecule has 4 aromatic rings. The highest BCUT2D eigenvalue weighted by Gasteiger charge is 2.28. The summed E-state index contributed by atoms with van der Waals surface area (Å²) < 4.78 is 12.7. The van der Waals surface area contributed by atoms with Gasteiger partial charge in [-0.1, -0.05) is 30.3 Å². The van der Waals surface area contributed by atoms with E-state index in [1.54, 1.807) is 10.8 Å². The highest BCUT2D eigenvalue weighted by Crippen LogP contribution is 2.33. The van der Waals surface area contributed by atoms with Gasteiger partial charge in [0.15, 0.2) is 5.65 Å². The number of benzene rings is 2. The molecule has 8 nitrogen and oxygen atoms in total. The minimum absolute atomic E-state index is 0.184. The first-order chi connectivity index (χ1) is 13.7. The van der Waals surface area contributed by atoms with Crippen LogP contribution in [0.4, 0.5) is 11.6 Å². The Balaban J connectivity index is 1.74. The van der Waals surface area contributed by atoms with E-state index < -0.39 is 0 Å². The van der Waals surface area contributed by atoms with Crippen LogP contribution in [0.3, 0.4) is 0 Å². The summed E-state index contributed by atoms with van der Waals surface area (Å²) in [5, 5.41) is 5.22. The maximum absolute atomic E-state index is 5.98. The van der Waals surface area contributed by atoms with E-state index >= 15 is 0 Å². The van der Waals surface area contributed by atoms with E-state index in [1.807, 2.05) is 36.4 Å². The van der Waals surface area contributed by atoms with Crippen molar-refractivity contribution in [2.45, 2.75) is 12.3 Å². The third-order valence-electron chi connectivity index (χ3n) is 4.77. The quantitative estimate of drug-likeness (QED) is 0.528. The largest absolute Gasteiger partial charge is 0.462 e. The highest BCUT2D eigenvalue weighted by molar-refractivity contribution is 5.93. The molecule has 0 fully saturated rings. The molecule has 2 aromatic carbocycles. The number of allylic oxidation sites excluding steroid dienone is 1. The number of nitrogens with two attached hydrogens (primary N) is 2. The third-order valence-corrected chi connectivity index (χ3v) is 4.77. The fraction of sp³-hybridized carbons (Fsp3) is 0.150. The van der Waals surface area contributed by atoms with Gasteiger partial charge in [-0.25, -0.2) is 4.98 Å². The van der Waals surface area contributed by atoms with Gasteiger partial charge in [-0.15, -0.1) is 5.10 Å². The van der Waals surface area contributed by atoms with E-state index in [2.05, 4.69) is 22.2 Å². The first kappa shape index (κ1) is 16.4. The maximum Gasteiger partial charge on any atom is 0.240 e. The highest BCUT2D eigenvalue weighted by atomic mass is 16.7. The van der Waals surface area contributed by atoms with Gasteiger partial charge in [0.05, 0.1) is 11.4 Å². The van der Waals surface area contributed by atoms with Crippen molar-refractivity contribution in [3.8, 4) is 0 Å². The van der Waals surface area contributed by atoms with Crippen LogP contribution in [-0.4, -0.2) is 26.4 Å². The lowest BCUT2D eigenvalue weighted by molar-refractivity contribution is 0.0747. The van der Waals surface area contributed by atoms with Crippen LogP contribution >= 0.6 is 0 Å². The first-order valence-corrected chi connectivity index (χ1v) is 8.89. The van der Waals surface area contributed by atoms with Gasteiger partial charge in [0.2, 0.25) is 12.7 Å². The van der Waals surface area contributed by atoms with Crippen LogP contribution in [0.5, 0.6) is 0 Å². The van der Waals surface area contributed by atoms with Crippen molar-refractivity contribution >= 4 is 28.2 Å². The summed E-state index contributed by atoms with van der Waals surface area (Å²) in [4.78, 5) is 9.27. The molecule has 0 bridgehead atoms. The molecule has 0 amide bonds. The molecule has 0 saturated heterocycles. The number of anilines is 2. The lowest BCUT2D eigenvalue weighted by Gasteiger charge is -2.18. The Kier molecular flexibility index (Phi) is 3.75. The molecule has 2 aromatic heterocycles. The van der Waals surface area contributed by atoms with Gasteiger partial charge in [-0.05, 0) is 30.2 Å². The van der Waals surface area contributed by atoms with Crippen molar-refractivity contribution in [3.05, 3.63) is 71.9 Å². The molecule has 5 rings (SSSR count). The number of nitrogens with zero attached hydrogens (tertiary/aromatic N) is 4. The summed E-state index contributed by atoms with van der Waals surface area (Å²) >= 11 is 0. The van der Waals surface area contributed by atoms with E-state index in [0.717, 1.165) is 16.5 Å². The van der Waals surface area contributed by atoms with E-state index in [9.17, 15) is 0 Å². The van der Waals surface area contributed by atoms with Crippen LogP contribution in [0.1, 0.15) is 17.3 Å². The molecule has 8 heteroatoms. The predicted molar refractivity (Wildman–Crippen MR) is 105 cm³/mol. The van der Waals surface area contributed by atoms with Gasteiger partial charge in [-0.2, -0.15) is 9.50 Å². The third kappa shape index (κ3) is 2.75. The molecular weight excluding hydrogens is 356 g/mol. The zero-order chi connectivity index (χ0) is 19.1. The second-order valence-electron chi connectivity index (χ2n) is 6.64. The Morgan fingerprint density at radius 1 is 1.07 bits per heavy atom. The number of nitrogen functional groups attached to an aromatic ring is 2. The summed E-state index contributed by atoms with van der Waals surface area (Å²) in [6.07, 6.45) is 2.29. The van der Waals surface area contributed by atoms with Gasteiger partial charge in [0.25, 0.3) is 0 Å². The Hall–Kier alpha value is -3.81. The monoisotopic (exact) mass is 374 g/mol. The topological polar surface area (TPSA) is 114 Å². The summed E-state index contributed by atoms with van der Waals surface area (Å²) in [5.41, 5.74) is 15.0. The van der Waals surface area contributed by atoms with Crippen LogP contribution in [0, 0.1) is 0 Å². The van der Waals surface area contributed by atoms with Crippen molar-refractivity contribution in [2.75, 3.05) is 18.3 Å². The van der Waals surface area contributed by atoms with Gasteiger partial charge in [-0.3, -0.25) is 0 Å². The molecule has 0 spiro atoms. The van der Waals surface area contributed by atoms with Crippen molar-refractivity contribution in [1.29, 1.82) is 0 Å². The average molecular weight is 374 g/mol. The summed E-state index contributed by atoms with van der Waals surface area (Å²) in [5.74, 6) is 1.32. The van der Waals surface area contributed by atoms with Crippen molar-refractivity contribution in [3.63, 3.8) is 0 Å². The van der Waals surface area contributed by atoms with E-state index in [1.165, 1.54) is 0 Å². The molecule has 1 aliphatic heterocycles. The standard InChI is InChI=1S/C20H18N6O2/c21-13-6-7-14-16(9-13)23-19(26-18(14)24-20(22)25-26)15(17-10-27-11-28-17)8-12-4-2-1-3-5-12/h1-7,9-10,15H,8,11,21H2,(H2,22,25). The Bertz CT molecular complexity index is 1200. The molecule has 0 radical (unpaired) electrons. The zero-order valence-electron chi connectivity index (χ0n) is 14.9. The molecular formula is C20H18N6O2. The number of ether oxygens (including phenoxy) is 2. The zero-order valence-corrected chi connectivity index (χ0v) is 14.9. The van der Waals surface area contributed by atoms with Gasteiger partial charge in [0.1, 0.15) is 17.8 Å². The number of aromatic nitrogens is 4. The molecule has 3 heterocycles. The molecule has 140 valence electrons. The Morgan fingerprint density at radius 2 is 1.93 bits per heavy atom. The van der Waals surface area contributed by atoms with Gasteiger partial charge >= 0.3 is 0 Å². The molecule has 1 atom stereocenters. The van der Waals surface area contributed by atoms with Crippen LogP contribution in [-0.2, 0) is 15.9 Å². The van der Waals surface area contributed by atoms with Crippen molar-refractivity contribution in [1.82, 2.24) is 19.6 Å². The normalized spacial score (nSPS) is 14.6. The maximum atomic E-state index is 5.98. The Labute approximate surface area is 160 Å². The average Bonchev–Trinajstić information content (AvgIpc) is 3.35. The lowest BCUT2D eigenvalue weighted by Crippen LogP contribution is -2.15. The molecule has 0 saturated carbocycles. The summed E-state index contributed by atoms with van der Waals surface area (Å²) in [7, 11) is 0. The second kappa shape index (κ2) is 6.41. The van der Waals surface area contributed by atoms with E-state index in [4.69, 9.17) is 25.9 Å². The SMILES string of the molecule is Nc1ccc2c(c1)nc(C(Cc1ccccc1)C1=COCO1)n1nc(N)nc21. The van der Waals surface area contributed by atoms with Gasteiger partial charge < -0.3 is 20.9 Å². The summed E-state index contributed by atoms with van der Waals surface area (Å²) in [6.45, 7) is 0.184. The first-order valence-electron chi connectivity index (χ1n) is 8.89. The number of fused-ring (bicyclic) bond motifs is 3. The lowest BCUT2D eigenvalue weighted by atomic mass is 9.96. The van der Waals surface area contributed by atoms with Crippen LogP contribution in [0.25, 0.3) is 16.6 Å². The van der Waals surface area contributed by atoms with Crippen LogP contribution in [0.15, 0.2) is 60.6 Å². The minimum Gasteiger partial charge on any atom is -0.462 e. The molecule has 1 aliphatic rings. The second-order valence-corrected chi connectivity index (χ2v) is 6.64. The predicted octanol–water partition coefficient (Wildman–Crippen LogP) is 2.61. The Morgan fingerprint density at radius 3 is 2.71 bits per heavy atom. The summed E-state index contributed by atoms with van der Waals surface area (Å²) in [6, 6.07) is 15.6. The molecule has 1 unspecified atom stereocenters. The smallest absolute Gasteiger partial charge is 0.240 e. The van der Waals surface area contributed by atoms with E-state index in [-0.39, 0.29) is 18.7 Å². The van der Waals surface area contributed by atoms with Gasteiger partial charge in [0, 0.05) is 11.1 Å². The van der Waals surface area contributed by atoms with Crippen LogP contribution in [0.2, 0.25) is 0 Å². The van der Waals surface area contributed by atoms with E-state index in [0.29, 0.717) is 29.3 Å².